The zero-order valence-electron chi connectivity index (χ0n) is 17.1. The van der Waals surface area contributed by atoms with E-state index in [-0.39, 0.29) is 11.8 Å². The summed E-state index contributed by atoms with van der Waals surface area (Å²) < 4.78 is 5.35. The Kier molecular flexibility index (Phi) is 7.01. The molecule has 30 heavy (non-hydrogen) atoms. The molecule has 0 bridgehead atoms. The maximum atomic E-state index is 13.0. The van der Waals surface area contributed by atoms with E-state index in [0.29, 0.717) is 44.4 Å². The third-order valence-corrected chi connectivity index (χ3v) is 5.11. The van der Waals surface area contributed by atoms with E-state index < -0.39 is 17.9 Å². The summed E-state index contributed by atoms with van der Waals surface area (Å²) in [5.74, 6) is -1.22. The highest BCUT2D eigenvalue weighted by atomic mass is 16.5. The molecule has 162 valence electrons. The van der Waals surface area contributed by atoms with Gasteiger partial charge in [-0.3, -0.25) is 14.8 Å². The first-order chi connectivity index (χ1) is 14.4. The number of nitrogens with zero attached hydrogens (tertiary/aromatic N) is 4. The molecule has 1 aromatic heterocycles. The minimum atomic E-state index is -1.60. The lowest BCUT2D eigenvalue weighted by Gasteiger charge is -2.36. The molecule has 0 spiro atoms. The lowest BCUT2D eigenvalue weighted by Crippen LogP contribution is -2.53. The normalized spacial score (nSPS) is 16.4. The second-order valence-corrected chi connectivity index (χ2v) is 7.73. The molecule has 3 rings (SSSR count). The number of nitrogens with one attached hydrogen (secondary N) is 1. The Balaban J connectivity index is 1.63. The summed E-state index contributed by atoms with van der Waals surface area (Å²) in [4.78, 5) is 32.6. The van der Waals surface area contributed by atoms with Crippen LogP contribution in [0.15, 0.2) is 34.9 Å². The van der Waals surface area contributed by atoms with Crippen molar-refractivity contribution in [1.82, 2.24) is 20.5 Å². The highest BCUT2D eigenvalue weighted by Crippen LogP contribution is 2.23. The molecule has 0 saturated carbocycles. The number of carbonyl (C=O) groups is 2. The number of rotatable bonds is 7. The van der Waals surface area contributed by atoms with Gasteiger partial charge in [-0.15, -0.1) is 0 Å². The smallest absolute Gasteiger partial charge is 0.272 e. The Morgan fingerprint density at radius 1 is 1.17 bits per heavy atom. The first-order valence-corrected chi connectivity index (χ1v) is 9.95. The Morgan fingerprint density at radius 2 is 1.83 bits per heavy atom. The molecule has 1 aromatic carbocycles. The molecule has 1 aliphatic rings. The monoisotopic (exact) mass is 417 g/mol. The zero-order chi connectivity index (χ0) is 21.7. The Bertz CT molecular complexity index is 848. The van der Waals surface area contributed by atoms with Gasteiger partial charge in [-0.05, 0) is 29.6 Å². The summed E-state index contributed by atoms with van der Waals surface area (Å²) in [7, 11) is 0. The van der Waals surface area contributed by atoms with Gasteiger partial charge in [-0.2, -0.15) is 4.98 Å². The molecule has 1 saturated heterocycles. The van der Waals surface area contributed by atoms with Crippen molar-refractivity contribution in [1.29, 1.82) is 0 Å². The number of aromatic nitrogens is 2. The number of hydrogen-bond acceptors (Lipinski definition) is 8. The predicted molar refractivity (Wildman–Crippen MR) is 107 cm³/mol. The summed E-state index contributed by atoms with van der Waals surface area (Å²) >= 11 is 0. The third-order valence-electron chi connectivity index (χ3n) is 5.11. The quantitative estimate of drug-likeness (QED) is 0.447. The van der Waals surface area contributed by atoms with Crippen molar-refractivity contribution in [3.63, 3.8) is 0 Å². The van der Waals surface area contributed by atoms with E-state index in [1.165, 1.54) is 5.48 Å². The van der Waals surface area contributed by atoms with Crippen LogP contribution in [-0.4, -0.2) is 69.5 Å². The number of aliphatic hydroxyl groups excluding tert-OH is 1. The second-order valence-electron chi connectivity index (χ2n) is 7.73. The fourth-order valence-corrected chi connectivity index (χ4v) is 3.52. The summed E-state index contributed by atoms with van der Waals surface area (Å²) in [6, 6.07) is 9.46. The molecule has 2 amide bonds. The summed E-state index contributed by atoms with van der Waals surface area (Å²) in [5.41, 5.74) is 2.26. The van der Waals surface area contributed by atoms with Crippen LogP contribution < -0.4 is 10.4 Å². The van der Waals surface area contributed by atoms with E-state index >= 15 is 0 Å². The molecule has 0 aliphatic carbocycles. The first kappa shape index (κ1) is 21.7. The van der Waals surface area contributed by atoms with Crippen molar-refractivity contribution in [3.05, 3.63) is 30.3 Å². The largest absolute Gasteiger partial charge is 0.382 e. The molecule has 2 aromatic rings. The predicted octanol–water partition coefficient (Wildman–Crippen LogP) is 0.914. The van der Waals surface area contributed by atoms with Crippen LogP contribution in [0.25, 0.3) is 11.5 Å². The lowest BCUT2D eigenvalue weighted by atomic mass is 9.90. The number of amides is 2. The van der Waals surface area contributed by atoms with Gasteiger partial charge in [0.1, 0.15) is 6.10 Å². The molecule has 10 nitrogen and oxygen atoms in total. The van der Waals surface area contributed by atoms with Gasteiger partial charge in [0.15, 0.2) is 0 Å². The van der Waals surface area contributed by atoms with E-state index in [4.69, 9.17) is 9.73 Å². The van der Waals surface area contributed by atoms with Crippen LogP contribution in [0.1, 0.15) is 20.3 Å². The van der Waals surface area contributed by atoms with Gasteiger partial charge >= 0.3 is 0 Å². The van der Waals surface area contributed by atoms with Crippen LogP contribution >= 0.6 is 0 Å². The van der Waals surface area contributed by atoms with E-state index in [1.807, 2.05) is 49.1 Å². The number of anilines is 1. The number of hydrogen-bond donors (Lipinski definition) is 3. The second kappa shape index (κ2) is 9.68. The summed E-state index contributed by atoms with van der Waals surface area (Å²) in [6.45, 7) is 5.60. The molecular formula is C20H27N5O5. The average Bonchev–Trinajstić information content (AvgIpc) is 3.27. The highest BCUT2D eigenvalue weighted by Gasteiger charge is 2.36. The number of hydroxylamine groups is 1. The van der Waals surface area contributed by atoms with Gasteiger partial charge in [0.2, 0.25) is 5.91 Å². The Labute approximate surface area is 174 Å². The number of benzene rings is 1. The minimum Gasteiger partial charge on any atom is -0.382 e. The number of piperazine rings is 1. The van der Waals surface area contributed by atoms with Crippen molar-refractivity contribution in [2.24, 2.45) is 11.8 Å². The standard InChI is InChI=1S/C20H27N5O5/c1-13(2)12-15(16(26)17(27)22-29)19(28)24-8-10-25(11-9-24)20-21-18(30-23-20)14-6-4-3-5-7-14/h3-7,13,15-16,26,29H,8-12H2,1-2H3,(H,22,27)/t15-,16?/m0/s1. The van der Waals surface area contributed by atoms with E-state index in [2.05, 4.69) is 10.1 Å². The molecular weight excluding hydrogens is 390 g/mol. The van der Waals surface area contributed by atoms with Crippen LogP contribution in [0.2, 0.25) is 0 Å². The van der Waals surface area contributed by atoms with Crippen LogP contribution in [0, 0.1) is 11.8 Å². The van der Waals surface area contributed by atoms with Crippen molar-refractivity contribution < 1.29 is 24.4 Å². The molecule has 2 heterocycles. The fourth-order valence-electron chi connectivity index (χ4n) is 3.52. The minimum absolute atomic E-state index is 0.0946. The van der Waals surface area contributed by atoms with E-state index in [1.54, 1.807) is 4.90 Å². The van der Waals surface area contributed by atoms with Crippen molar-refractivity contribution in [3.8, 4) is 11.5 Å². The van der Waals surface area contributed by atoms with Crippen molar-refractivity contribution >= 4 is 17.8 Å². The van der Waals surface area contributed by atoms with Gasteiger partial charge in [-0.25, -0.2) is 5.48 Å². The Morgan fingerprint density at radius 3 is 2.43 bits per heavy atom. The molecule has 1 unspecified atom stereocenters. The molecule has 0 radical (unpaired) electrons. The van der Waals surface area contributed by atoms with Crippen molar-refractivity contribution in [2.75, 3.05) is 31.1 Å². The zero-order valence-corrected chi connectivity index (χ0v) is 17.1. The van der Waals surface area contributed by atoms with Crippen LogP contribution in [0.3, 0.4) is 0 Å². The molecule has 1 fully saturated rings. The van der Waals surface area contributed by atoms with Gasteiger partial charge in [-0.1, -0.05) is 32.0 Å². The van der Waals surface area contributed by atoms with Crippen LogP contribution in [0.4, 0.5) is 5.95 Å². The highest BCUT2D eigenvalue weighted by molar-refractivity contribution is 5.88. The van der Waals surface area contributed by atoms with Crippen molar-refractivity contribution in [2.45, 2.75) is 26.4 Å². The summed E-state index contributed by atoms with van der Waals surface area (Å²) in [6.07, 6.45) is -1.27. The summed E-state index contributed by atoms with van der Waals surface area (Å²) in [5, 5.41) is 23.1. The molecule has 10 heteroatoms. The van der Waals surface area contributed by atoms with Crippen LogP contribution in [-0.2, 0) is 9.59 Å². The molecule has 2 atom stereocenters. The van der Waals surface area contributed by atoms with Gasteiger partial charge in [0, 0.05) is 31.7 Å². The average molecular weight is 417 g/mol. The van der Waals surface area contributed by atoms with Gasteiger partial charge < -0.3 is 19.4 Å². The van der Waals surface area contributed by atoms with Gasteiger partial charge in [0.05, 0.1) is 5.92 Å². The maximum Gasteiger partial charge on any atom is 0.272 e. The van der Waals surface area contributed by atoms with E-state index in [0.717, 1.165) is 5.56 Å². The molecule has 3 N–H and O–H groups in total. The molecule has 1 aliphatic heterocycles. The van der Waals surface area contributed by atoms with E-state index in [9.17, 15) is 14.7 Å². The SMILES string of the molecule is CC(C)C[C@H](C(=O)N1CCN(c2noc(-c3ccccc3)n2)CC1)C(O)C(=O)NO. The third kappa shape index (κ3) is 4.95. The Hall–Kier alpha value is -2.98. The first-order valence-electron chi connectivity index (χ1n) is 9.95. The lowest BCUT2D eigenvalue weighted by molar-refractivity contribution is -0.151. The number of carbonyl (C=O) groups excluding carboxylic acids is 2. The van der Waals surface area contributed by atoms with Crippen LogP contribution in [0.5, 0.6) is 0 Å². The fraction of sp³-hybridized carbons (Fsp3) is 0.500. The van der Waals surface area contributed by atoms with Gasteiger partial charge in [0.25, 0.3) is 17.7 Å². The topological polar surface area (TPSA) is 132 Å². The number of aliphatic hydroxyl groups is 1. The maximum absolute atomic E-state index is 13.0.